The molecule has 2 rings (SSSR count). The standard InChI is InChI=1S/C19H27N/c1-4-13-20-19(14-15(3)5-2)18-12-8-10-16-9-6-7-11-17(16)18/h6-12,15,19-20H,4-5,13-14H2,1-3H3. The molecule has 108 valence electrons. The Labute approximate surface area is 123 Å². The minimum Gasteiger partial charge on any atom is -0.310 e. The van der Waals surface area contributed by atoms with Crippen LogP contribution in [0.3, 0.4) is 0 Å². The molecule has 1 heteroatoms. The molecular formula is C19H27N. The van der Waals surface area contributed by atoms with E-state index in [1.54, 1.807) is 0 Å². The fraction of sp³-hybridized carbons (Fsp3) is 0.474. The van der Waals surface area contributed by atoms with E-state index in [0.29, 0.717) is 6.04 Å². The van der Waals surface area contributed by atoms with E-state index in [9.17, 15) is 0 Å². The number of fused-ring (bicyclic) bond motifs is 1. The van der Waals surface area contributed by atoms with Crippen LogP contribution < -0.4 is 5.32 Å². The number of hydrogen-bond donors (Lipinski definition) is 1. The lowest BCUT2D eigenvalue weighted by Crippen LogP contribution is -2.24. The van der Waals surface area contributed by atoms with Crippen molar-refractivity contribution in [2.45, 2.75) is 46.1 Å². The number of nitrogens with one attached hydrogen (secondary N) is 1. The molecule has 2 aromatic rings. The third-order valence-corrected chi connectivity index (χ3v) is 4.17. The molecule has 0 amide bonds. The van der Waals surface area contributed by atoms with Gasteiger partial charge < -0.3 is 5.32 Å². The third kappa shape index (κ3) is 3.61. The zero-order chi connectivity index (χ0) is 14.4. The highest BCUT2D eigenvalue weighted by Crippen LogP contribution is 2.29. The average molecular weight is 269 g/mol. The molecule has 2 aromatic carbocycles. The molecule has 0 aromatic heterocycles. The molecule has 0 fully saturated rings. The van der Waals surface area contributed by atoms with Crippen LogP contribution in [-0.4, -0.2) is 6.54 Å². The van der Waals surface area contributed by atoms with Gasteiger partial charge in [-0.1, -0.05) is 69.7 Å². The van der Waals surface area contributed by atoms with Crippen LogP contribution in [0.15, 0.2) is 42.5 Å². The van der Waals surface area contributed by atoms with E-state index in [4.69, 9.17) is 0 Å². The van der Waals surface area contributed by atoms with Gasteiger partial charge >= 0.3 is 0 Å². The highest BCUT2D eigenvalue weighted by Gasteiger charge is 2.15. The predicted octanol–water partition coefficient (Wildman–Crippen LogP) is 5.32. The molecule has 2 unspecified atom stereocenters. The van der Waals surface area contributed by atoms with Crippen molar-refractivity contribution in [3.63, 3.8) is 0 Å². The van der Waals surface area contributed by atoms with Gasteiger partial charge in [-0.15, -0.1) is 0 Å². The summed E-state index contributed by atoms with van der Waals surface area (Å²) in [6.45, 7) is 7.96. The van der Waals surface area contributed by atoms with Crippen molar-refractivity contribution in [2.24, 2.45) is 5.92 Å². The van der Waals surface area contributed by atoms with Crippen LogP contribution in [-0.2, 0) is 0 Å². The van der Waals surface area contributed by atoms with Crippen molar-refractivity contribution < 1.29 is 0 Å². The molecule has 0 bridgehead atoms. The molecule has 0 aliphatic carbocycles. The molecule has 1 N–H and O–H groups in total. The molecule has 0 heterocycles. The van der Waals surface area contributed by atoms with Gasteiger partial charge in [0.25, 0.3) is 0 Å². The zero-order valence-electron chi connectivity index (χ0n) is 13.0. The number of rotatable bonds is 7. The molecule has 0 saturated carbocycles. The molecule has 0 aliphatic heterocycles. The Balaban J connectivity index is 2.34. The van der Waals surface area contributed by atoms with E-state index in [-0.39, 0.29) is 0 Å². The molecule has 0 aliphatic rings. The Hall–Kier alpha value is -1.34. The highest BCUT2D eigenvalue weighted by molar-refractivity contribution is 5.86. The van der Waals surface area contributed by atoms with Crippen LogP contribution in [0.1, 0.15) is 51.6 Å². The van der Waals surface area contributed by atoms with Gasteiger partial charge in [-0.2, -0.15) is 0 Å². The summed E-state index contributed by atoms with van der Waals surface area (Å²) in [6, 6.07) is 15.9. The lowest BCUT2D eigenvalue weighted by molar-refractivity contribution is 0.404. The van der Waals surface area contributed by atoms with Crippen LogP contribution in [0.25, 0.3) is 10.8 Å². The first-order chi connectivity index (χ1) is 9.76. The summed E-state index contributed by atoms with van der Waals surface area (Å²) in [4.78, 5) is 0. The van der Waals surface area contributed by atoms with Crippen LogP contribution in [0, 0.1) is 5.92 Å². The van der Waals surface area contributed by atoms with E-state index in [1.165, 1.54) is 35.6 Å². The molecular weight excluding hydrogens is 242 g/mol. The summed E-state index contributed by atoms with van der Waals surface area (Å²) in [5.74, 6) is 0.753. The summed E-state index contributed by atoms with van der Waals surface area (Å²) >= 11 is 0. The van der Waals surface area contributed by atoms with Crippen molar-refractivity contribution in [3.8, 4) is 0 Å². The fourth-order valence-electron chi connectivity index (χ4n) is 2.76. The monoisotopic (exact) mass is 269 g/mol. The maximum Gasteiger partial charge on any atom is 0.0328 e. The Bertz CT molecular complexity index is 527. The lowest BCUT2D eigenvalue weighted by atomic mass is 9.91. The summed E-state index contributed by atoms with van der Waals surface area (Å²) in [5, 5.41) is 6.48. The van der Waals surface area contributed by atoms with Crippen molar-refractivity contribution in [2.75, 3.05) is 6.54 Å². The smallest absolute Gasteiger partial charge is 0.0328 e. The maximum absolute atomic E-state index is 3.74. The maximum atomic E-state index is 3.74. The van der Waals surface area contributed by atoms with Crippen molar-refractivity contribution in [3.05, 3.63) is 48.0 Å². The minimum absolute atomic E-state index is 0.469. The van der Waals surface area contributed by atoms with Gasteiger partial charge in [0.1, 0.15) is 0 Å². The third-order valence-electron chi connectivity index (χ3n) is 4.17. The predicted molar refractivity (Wildman–Crippen MR) is 89.1 cm³/mol. The second kappa shape index (κ2) is 7.44. The summed E-state index contributed by atoms with van der Waals surface area (Å²) < 4.78 is 0. The number of hydrogen-bond acceptors (Lipinski definition) is 1. The fourth-order valence-corrected chi connectivity index (χ4v) is 2.76. The molecule has 0 radical (unpaired) electrons. The van der Waals surface area contributed by atoms with Crippen molar-refractivity contribution in [1.29, 1.82) is 0 Å². The summed E-state index contributed by atoms with van der Waals surface area (Å²) in [6.07, 6.45) is 3.64. The van der Waals surface area contributed by atoms with E-state index in [1.807, 2.05) is 0 Å². The van der Waals surface area contributed by atoms with Gasteiger partial charge in [0, 0.05) is 6.04 Å². The van der Waals surface area contributed by atoms with Gasteiger partial charge in [0.05, 0.1) is 0 Å². The Morgan fingerprint density at radius 3 is 2.50 bits per heavy atom. The second-order valence-electron chi connectivity index (χ2n) is 5.82. The van der Waals surface area contributed by atoms with Gasteiger partial charge in [-0.05, 0) is 41.6 Å². The summed E-state index contributed by atoms with van der Waals surface area (Å²) in [7, 11) is 0. The Kier molecular flexibility index (Phi) is 5.60. The second-order valence-corrected chi connectivity index (χ2v) is 5.82. The van der Waals surface area contributed by atoms with Crippen molar-refractivity contribution in [1.82, 2.24) is 5.32 Å². The topological polar surface area (TPSA) is 12.0 Å². The molecule has 0 saturated heterocycles. The van der Waals surface area contributed by atoms with E-state index < -0.39 is 0 Å². The number of benzene rings is 2. The Morgan fingerprint density at radius 2 is 1.75 bits per heavy atom. The first-order valence-corrected chi connectivity index (χ1v) is 7.97. The lowest BCUT2D eigenvalue weighted by Gasteiger charge is -2.23. The normalized spacial score (nSPS) is 14.3. The van der Waals surface area contributed by atoms with E-state index in [2.05, 4.69) is 68.6 Å². The molecule has 20 heavy (non-hydrogen) atoms. The van der Waals surface area contributed by atoms with Crippen LogP contribution in [0.4, 0.5) is 0 Å². The van der Waals surface area contributed by atoms with Gasteiger partial charge in [-0.25, -0.2) is 0 Å². The van der Waals surface area contributed by atoms with E-state index in [0.717, 1.165) is 12.5 Å². The first-order valence-electron chi connectivity index (χ1n) is 7.97. The minimum atomic E-state index is 0.469. The van der Waals surface area contributed by atoms with Crippen molar-refractivity contribution >= 4 is 10.8 Å². The molecule has 0 spiro atoms. The van der Waals surface area contributed by atoms with Crippen LogP contribution in [0.2, 0.25) is 0 Å². The average Bonchev–Trinajstić information content (AvgIpc) is 2.50. The molecule has 2 atom stereocenters. The van der Waals surface area contributed by atoms with Crippen LogP contribution >= 0.6 is 0 Å². The quantitative estimate of drug-likeness (QED) is 0.717. The van der Waals surface area contributed by atoms with Gasteiger partial charge in [0.2, 0.25) is 0 Å². The Morgan fingerprint density at radius 1 is 1.00 bits per heavy atom. The zero-order valence-corrected chi connectivity index (χ0v) is 13.0. The summed E-state index contributed by atoms with van der Waals surface area (Å²) in [5.41, 5.74) is 1.46. The van der Waals surface area contributed by atoms with Crippen LogP contribution in [0.5, 0.6) is 0 Å². The highest BCUT2D eigenvalue weighted by atomic mass is 14.9. The first kappa shape index (κ1) is 15.1. The van der Waals surface area contributed by atoms with Gasteiger partial charge in [-0.3, -0.25) is 0 Å². The molecule has 1 nitrogen and oxygen atoms in total. The van der Waals surface area contributed by atoms with Gasteiger partial charge in [0.15, 0.2) is 0 Å². The SMILES string of the molecule is CCCNC(CC(C)CC)c1cccc2ccccc12. The van der Waals surface area contributed by atoms with E-state index >= 15 is 0 Å². The largest absolute Gasteiger partial charge is 0.310 e.